The average Bonchev–Trinajstić information content (AvgIpc) is 1.30. The third-order valence-corrected chi connectivity index (χ3v) is 24.9. The Hall–Kier alpha value is -13.6. The molecular formula is C102H76N4O8. The lowest BCUT2D eigenvalue weighted by Gasteiger charge is -2.33. The van der Waals surface area contributed by atoms with E-state index in [2.05, 4.69) is 225 Å². The Morgan fingerprint density at radius 1 is 0.316 bits per heavy atom. The molecule has 3 aliphatic carbocycles. The van der Waals surface area contributed by atoms with E-state index in [0.717, 1.165) is 120 Å². The van der Waals surface area contributed by atoms with Gasteiger partial charge in [0.2, 0.25) is 11.8 Å². The first-order valence-electron chi connectivity index (χ1n) is 39.5. The number of hydrogen-bond acceptors (Lipinski definition) is 8. The number of hydrogen-bond donors (Lipinski definition) is 2. The van der Waals surface area contributed by atoms with Gasteiger partial charge in [0.1, 0.15) is 24.7 Å². The van der Waals surface area contributed by atoms with Crippen LogP contribution in [0, 0.1) is 0 Å². The number of anilines is 2. The van der Waals surface area contributed by atoms with Gasteiger partial charge in [-0.25, -0.2) is 9.80 Å². The predicted molar refractivity (Wildman–Crippen MR) is 466 cm³/mol. The molecule has 0 aromatic heterocycles. The number of nitrogens with one attached hydrogen (secondary N) is 2. The molecule has 21 rings (SSSR count). The zero-order valence-corrected chi connectivity index (χ0v) is 64.3. The smallest absolute Gasteiger partial charge is 0.266 e. The van der Waals surface area contributed by atoms with Gasteiger partial charge < -0.3 is 20.1 Å². The Morgan fingerprint density at radius 2 is 0.544 bits per heavy atom. The van der Waals surface area contributed by atoms with Crippen molar-refractivity contribution in [2.45, 2.75) is 79.1 Å². The van der Waals surface area contributed by atoms with E-state index in [1.54, 1.807) is 0 Å². The molecule has 0 atom stereocenters. The SMILES string of the molecule is C=CC(=O)NCCOc1cc(C(C)C)c(N2C(=O)c3ccc4c5ccc6c7c(ccc(c8ccc(c3c48)C2=O)c75)-c2cc3cc4c(cc3cc2-6)/C=C\c2cc3cc5c(cc3cc2/C=C\4)-c2ccc3c4ccc6c7c(ccc(c8ccc-5c2c83)c74)C(=O)N(c2c(C(C)C)cc(OCCNC(=O)C=C)cc2C(C)C)C6=O)c(C(C)C)c1. The molecule has 114 heavy (non-hydrogen) atoms. The number of imide groups is 2. The van der Waals surface area contributed by atoms with E-state index in [9.17, 15) is 9.59 Å². The second-order valence-corrected chi connectivity index (χ2v) is 32.5. The van der Waals surface area contributed by atoms with Crippen molar-refractivity contribution in [3.05, 3.63) is 262 Å². The Bertz CT molecular complexity index is 6500. The summed E-state index contributed by atoms with van der Waals surface area (Å²) in [6, 6.07) is 60.5. The number of carbonyl (C=O) groups excluding carboxylic acids is 6. The summed E-state index contributed by atoms with van der Waals surface area (Å²) in [7, 11) is 0. The largest absolute Gasteiger partial charge is 0.492 e. The standard InChI is InChI=1S/C102H76N4O8/c1-11-87(107)103-33-35-113-61-45-79(49(3)4)97(80(46-61)50(5)6)105-99(109)75-29-25-67-63-17-21-71-83-41-57-37-53-13-15-55-39-59-43-85-73-23-19-65-69-27-31-77-96-78(102(112)106(101(77)111)98-81(51(7)8)47-62(48-82(98)52(9)10)114-36-34-104-88(108)12-2)32-28-70(92(69)96)66-20-24-74(94(73)90(65)66)86(85)44-60(59)40-56(55)16-14-54(53)38-58(57)42-84(83)72-22-18-64(89(63)93(71)72)68-26-30-76(100(105)110)95(75)91(67)68/h11-32,37-52H,1-2,33-36H2,3-10H3,(H,103,107)(H,104,108)/b15-13-,16-14-,53-13?,54-14?,55-15?,56-16?. The molecule has 5 aliphatic rings. The highest BCUT2D eigenvalue weighted by molar-refractivity contribution is 6.46. The quantitative estimate of drug-likeness (QED) is 0.0319. The maximum atomic E-state index is 15.3. The lowest BCUT2D eigenvalue weighted by atomic mass is 9.83. The molecular weight excluding hydrogens is 1410 g/mol. The van der Waals surface area contributed by atoms with Crippen LogP contribution in [-0.2, 0) is 9.59 Å². The van der Waals surface area contributed by atoms with Crippen LogP contribution in [0.5, 0.6) is 11.5 Å². The number of ether oxygens (including phenoxy) is 2. The summed E-state index contributed by atoms with van der Waals surface area (Å²) in [6.45, 7) is 24.6. The monoisotopic (exact) mass is 1480 g/mol. The Kier molecular flexibility index (Phi) is 15.0. The fourth-order valence-corrected chi connectivity index (χ4v) is 19.6. The zero-order valence-electron chi connectivity index (χ0n) is 64.3. The fourth-order valence-electron chi connectivity index (χ4n) is 19.6. The van der Waals surface area contributed by atoms with Crippen molar-refractivity contribution in [3.8, 4) is 56.0 Å². The minimum atomic E-state index is -0.354. The van der Waals surface area contributed by atoms with Crippen molar-refractivity contribution in [3.63, 3.8) is 0 Å². The molecule has 2 N–H and O–H groups in total. The van der Waals surface area contributed by atoms with Gasteiger partial charge >= 0.3 is 0 Å². The fraction of sp³-hybridized carbons (Fsp3) is 0.157. The summed E-state index contributed by atoms with van der Waals surface area (Å²) >= 11 is 0. The first kappa shape index (κ1) is 68.4. The Balaban J connectivity index is 0.596. The van der Waals surface area contributed by atoms with E-state index >= 15 is 19.2 Å². The lowest BCUT2D eigenvalue weighted by Crippen LogP contribution is -2.41. The van der Waals surface area contributed by atoms with Gasteiger partial charge in [-0.1, -0.05) is 166 Å². The third-order valence-electron chi connectivity index (χ3n) is 24.9. The van der Waals surface area contributed by atoms with Crippen LogP contribution < -0.4 is 29.9 Å². The average molecular weight is 1490 g/mol. The van der Waals surface area contributed by atoms with Gasteiger partial charge in [-0.3, -0.25) is 28.8 Å². The van der Waals surface area contributed by atoms with Gasteiger partial charge in [-0.2, -0.15) is 0 Å². The molecule has 0 fully saturated rings. The van der Waals surface area contributed by atoms with Gasteiger partial charge in [0.15, 0.2) is 0 Å². The molecule has 0 saturated carbocycles. The number of benzene rings is 16. The van der Waals surface area contributed by atoms with E-state index in [1.165, 1.54) is 88.0 Å². The summed E-state index contributed by atoms with van der Waals surface area (Å²) in [5.74, 6) is -1.03. The van der Waals surface area contributed by atoms with E-state index in [0.29, 0.717) is 69.0 Å². The Labute approximate surface area is 656 Å². The maximum Gasteiger partial charge on any atom is 0.266 e. The summed E-state index contributed by atoms with van der Waals surface area (Å²) in [4.78, 5) is 87.8. The molecule has 16 aromatic carbocycles. The lowest BCUT2D eigenvalue weighted by molar-refractivity contribution is -0.117. The van der Waals surface area contributed by atoms with Crippen molar-refractivity contribution < 1.29 is 38.2 Å². The van der Waals surface area contributed by atoms with Crippen LogP contribution in [0.4, 0.5) is 11.4 Å². The predicted octanol–water partition coefficient (Wildman–Crippen LogP) is 23.5. The van der Waals surface area contributed by atoms with Gasteiger partial charge in [-0.05, 0) is 319 Å². The van der Waals surface area contributed by atoms with E-state index < -0.39 is 0 Å². The molecule has 0 radical (unpaired) electrons. The maximum absolute atomic E-state index is 15.3. The molecule has 12 heteroatoms. The number of carbonyl (C=O) groups is 6. The van der Waals surface area contributed by atoms with Crippen LogP contribution in [0.1, 0.15) is 165 Å². The first-order valence-corrected chi connectivity index (χ1v) is 39.5. The highest BCUT2D eigenvalue weighted by atomic mass is 16.5. The number of amides is 6. The van der Waals surface area contributed by atoms with Crippen molar-refractivity contribution in [2.24, 2.45) is 0 Å². The molecule has 12 nitrogen and oxygen atoms in total. The first-order chi connectivity index (χ1) is 55.2. The zero-order chi connectivity index (χ0) is 78.0. The second-order valence-electron chi connectivity index (χ2n) is 32.5. The number of rotatable bonds is 16. The van der Waals surface area contributed by atoms with Gasteiger partial charge in [0.25, 0.3) is 23.6 Å². The summed E-state index contributed by atoms with van der Waals surface area (Å²) in [6.07, 6.45) is 11.5. The van der Waals surface area contributed by atoms with Crippen molar-refractivity contribution in [2.75, 3.05) is 36.1 Å². The molecule has 0 spiro atoms. The van der Waals surface area contributed by atoms with Crippen LogP contribution in [-0.4, -0.2) is 61.7 Å². The van der Waals surface area contributed by atoms with Gasteiger partial charge in [-0.15, -0.1) is 0 Å². The van der Waals surface area contributed by atoms with E-state index in [1.807, 2.05) is 48.5 Å². The van der Waals surface area contributed by atoms with Crippen LogP contribution in [0.2, 0.25) is 0 Å². The summed E-state index contributed by atoms with van der Waals surface area (Å²) < 4.78 is 12.4. The Morgan fingerprint density at radius 3 is 0.772 bits per heavy atom. The normalized spacial score (nSPS) is 14.4. The molecule has 0 saturated heterocycles. The van der Waals surface area contributed by atoms with Crippen molar-refractivity contribution >= 4 is 179 Å². The van der Waals surface area contributed by atoms with Gasteiger partial charge in [0, 0.05) is 33.0 Å². The van der Waals surface area contributed by atoms with Crippen LogP contribution >= 0.6 is 0 Å². The van der Waals surface area contributed by atoms with Crippen LogP contribution in [0.3, 0.4) is 0 Å². The van der Waals surface area contributed by atoms with E-state index in [4.69, 9.17) is 9.47 Å². The third kappa shape index (κ3) is 9.69. The highest BCUT2D eigenvalue weighted by Gasteiger charge is 2.42. The minimum absolute atomic E-state index is 0.0656. The molecule has 552 valence electrons. The van der Waals surface area contributed by atoms with Crippen LogP contribution in [0.25, 0.3) is 177 Å². The second kappa shape index (κ2) is 25.0. The molecule has 2 heterocycles. The molecule has 16 aromatic rings. The van der Waals surface area contributed by atoms with Crippen molar-refractivity contribution in [1.82, 2.24) is 10.6 Å². The molecule has 6 amide bonds. The number of nitrogens with zero attached hydrogens (tertiary/aromatic N) is 2. The molecule has 0 unspecified atom stereocenters. The van der Waals surface area contributed by atoms with Gasteiger partial charge in [0.05, 0.1) is 24.5 Å². The minimum Gasteiger partial charge on any atom is -0.492 e. The summed E-state index contributed by atoms with van der Waals surface area (Å²) in [5, 5.41) is 26.4. The topological polar surface area (TPSA) is 151 Å². The van der Waals surface area contributed by atoms with E-state index in [-0.39, 0.29) is 72.3 Å². The number of fused-ring (bicyclic) bond motifs is 14. The van der Waals surface area contributed by atoms with Crippen LogP contribution in [0.15, 0.2) is 195 Å². The molecule has 2 aliphatic heterocycles. The van der Waals surface area contributed by atoms with Crippen molar-refractivity contribution in [1.29, 1.82) is 0 Å². The highest BCUT2D eigenvalue weighted by Crippen LogP contribution is 2.58. The molecule has 0 bridgehead atoms. The summed E-state index contributed by atoms with van der Waals surface area (Å²) in [5.41, 5.74) is 20.5.